The Bertz CT molecular complexity index is 660. The second kappa shape index (κ2) is 10.6. The van der Waals surface area contributed by atoms with Gasteiger partial charge in [0.2, 0.25) is 0 Å². The van der Waals surface area contributed by atoms with Gasteiger partial charge in [0.25, 0.3) is 0 Å². The van der Waals surface area contributed by atoms with Crippen LogP contribution < -0.4 is 10.1 Å². The predicted molar refractivity (Wildman–Crippen MR) is 109 cm³/mol. The molecule has 0 spiro atoms. The molecule has 2 aromatic carbocycles. The van der Waals surface area contributed by atoms with Gasteiger partial charge in [-0.3, -0.25) is 0 Å². The number of aliphatic hydroxyl groups is 1. The molecule has 1 saturated carbocycles. The molecule has 1 aliphatic rings. The third-order valence-corrected chi connectivity index (χ3v) is 5.30. The summed E-state index contributed by atoms with van der Waals surface area (Å²) >= 11 is 0. The van der Waals surface area contributed by atoms with Gasteiger partial charge in [-0.15, -0.1) is 12.4 Å². The van der Waals surface area contributed by atoms with Crippen LogP contribution in [0.4, 0.5) is 4.39 Å². The van der Waals surface area contributed by atoms with Crippen LogP contribution in [0.1, 0.15) is 37.7 Å². The van der Waals surface area contributed by atoms with Gasteiger partial charge in [-0.05, 0) is 42.7 Å². The van der Waals surface area contributed by atoms with Crippen LogP contribution in [-0.2, 0) is 5.41 Å². The highest BCUT2D eigenvalue weighted by molar-refractivity contribution is 5.85. The van der Waals surface area contributed by atoms with Crippen molar-refractivity contribution < 1.29 is 14.2 Å². The fourth-order valence-electron chi connectivity index (χ4n) is 3.85. The quantitative estimate of drug-likeness (QED) is 0.694. The van der Waals surface area contributed by atoms with Crippen molar-refractivity contribution in [1.82, 2.24) is 5.32 Å². The van der Waals surface area contributed by atoms with Gasteiger partial charge in [0.15, 0.2) is 0 Å². The number of hydrogen-bond donors (Lipinski definition) is 2. The smallest absolute Gasteiger partial charge is 0.123 e. The molecule has 0 aromatic heterocycles. The molecule has 3 nitrogen and oxygen atoms in total. The molecule has 1 fully saturated rings. The van der Waals surface area contributed by atoms with Gasteiger partial charge >= 0.3 is 0 Å². The average Bonchev–Trinajstić information content (AvgIpc) is 2.68. The summed E-state index contributed by atoms with van der Waals surface area (Å²) in [6.45, 7) is 1.54. The number of nitrogens with one attached hydrogen (secondary N) is 1. The van der Waals surface area contributed by atoms with E-state index in [9.17, 15) is 9.50 Å². The minimum atomic E-state index is -0.566. The van der Waals surface area contributed by atoms with Gasteiger partial charge < -0.3 is 15.2 Å². The molecule has 1 unspecified atom stereocenters. The van der Waals surface area contributed by atoms with Crippen LogP contribution >= 0.6 is 12.4 Å². The highest BCUT2D eigenvalue weighted by Gasteiger charge is 2.33. The van der Waals surface area contributed by atoms with Gasteiger partial charge in [-0.25, -0.2) is 4.39 Å². The topological polar surface area (TPSA) is 41.5 Å². The molecule has 27 heavy (non-hydrogen) atoms. The fraction of sp³-hybridized carbons (Fsp3) is 0.455. The zero-order valence-electron chi connectivity index (χ0n) is 15.6. The SMILES string of the molecule is Cl.OC(CNCC1(c2ccc(F)cc2)CCCCC1)COc1ccccc1. The summed E-state index contributed by atoms with van der Waals surface area (Å²) in [5, 5.41) is 13.6. The molecule has 0 radical (unpaired) electrons. The Morgan fingerprint density at radius 3 is 2.33 bits per heavy atom. The minimum Gasteiger partial charge on any atom is -0.491 e. The third-order valence-electron chi connectivity index (χ3n) is 5.30. The summed E-state index contributed by atoms with van der Waals surface area (Å²) in [5.41, 5.74) is 1.23. The zero-order valence-corrected chi connectivity index (χ0v) is 16.4. The lowest BCUT2D eigenvalue weighted by Crippen LogP contribution is -2.43. The Morgan fingerprint density at radius 1 is 1.00 bits per heavy atom. The summed E-state index contributed by atoms with van der Waals surface area (Å²) in [5.74, 6) is 0.572. The van der Waals surface area contributed by atoms with Gasteiger partial charge in [0.05, 0.1) is 0 Å². The molecule has 0 heterocycles. The van der Waals surface area contributed by atoms with E-state index in [-0.39, 0.29) is 30.2 Å². The molecule has 2 aromatic rings. The zero-order chi connectivity index (χ0) is 18.2. The van der Waals surface area contributed by atoms with Crippen LogP contribution in [0.15, 0.2) is 54.6 Å². The van der Waals surface area contributed by atoms with E-state index >= 15 is 0 Å². The summed E-state index contributed by atoms with van der Waals surface area (Å²) in [6, 6.07) is 16.4. The van der Waals surface area contributed by atoms with E-state index in [2.05, 4.69) is 5.32 Å². The molecule has 5 heteroatoms. The van der Waals surface area contributed by atoms with Crippen LogP contribution in [0, 0.1) is 5.82 Å². The molecule has 1 atom stereocenters. The highest BCUT2D eigenvalue weighted by Crippen LogP contribution is 2.39. The summed E-state index contributed by atoms with van der Waals surface area (Å²) < 4.78 is 18.9. The van der Waals surface area contributed by atoms with Crippen LogP contribution in [0.2, 0.25) is 0 Å². The van der Waals surface area contributed by atoms with Crippen molar-refractivity contribution in [3.63, 3.8) is 0 Å². The Kier molecular flexibility index (Phi) is 8.55. The Balaban J connectivity index is 0.00000261. The molecule has 0 aliphatic heterocycles. The van der Waals surface area contributed by atoms with Crippen molar-refractivity contribution in [3.05, 3.63) is 66.0 Å². The van der Waals surface area contributed by atoms with Gasteiger partial charge in [-0.2, -0.15) is 0 Å². The van der Waals surface area contributed by atoms with E-state index in [0.717, 1.165) is 25.1 Å². The first-order chi connectivity index (χ1) is 12.7. The van der Waals surface area contributed by atoms with Crippen LogP contribution in [-0.4, -0.2) is 30.9 Å². The first kappa shape index (κ1) is 21.7. The van der Waals surface area contributed by atoms with Gasteiger partial charge in [0.1, 0.15) is 24.3 Å². The van der Waals surface area contributed by atoms with Crippen molar-refractivity contribution >= 4 is 12.4 Å². The number of ether oxygens (including phenoxy) is 1. The molecule has 3 rings (SSSR count). The van der Waals surface area contributed by atoms with Crippen LogP contribution in [0.3, 0.4) is 0 Å². The lowest BCUT2D eigenvalue weighted by Gasteiger charge is -2.38. The molecule has 2 N–H and O–H groups in total. The van der Waals surface area contributed by atoms with Crippen molar-refractivity contribution in [3.8, 4) is 5.75 Å². The van der Waals surface area contributed by atoms with Crippen molar-refractivity contribution in [2.24, 2.45) is 0 Å². The molecular formula is C22H29ClFNO2. The molecule has 0 bridgehead atoms. The lowest BCUT2D eigenvalue weighted by molar-refractivity contribution is 0.103. The van der Waals surface area contributed by atoms with Gasteiger partial charge in [-0.1, -0.05) is 49.6 Å². The number of para-hydroxylation sites is 1. The number of rotatable bonds is 8. The maximum absolute atomic E-state index is 13.3. The summed E-state index contributed by atoms with van der Waals surface area (Å²) in [6.07, 6.45) is 5.28. The van der Waals surface area contributed by atoms with E-state index in [1.807, 2.05) is 42.5 Å². The predicted octanol–water partition coefficient (Wildman–Crippen LogP) is 4.48. The monoisotopic (exact) mass is 393 g/mol. The van der Waals surface area contributed by atoms with Crippen molar-refractivity contribution in [2.45, 2.75) is 43.6 Å². The second-order valence-electron chi connectivity index (χ2n) is 7.26. The Morgan fingerprint density at radius 2 is 1.67 bits per heavy atom. The summed E-state index contributed by atoms with van der Waals surface area (Å²) in [7, 11) is 0. The fourth-order valence-corrected chi connectivity index (χ4v) is 3.85. The highest BCUT2D eigenvalue weighted by atomic mass is 35.5. The first-order valence-electron chi connectivity index (χ1n) is 9.51. The second-order valence-corrected chi connectivity index (χ2v) is 7.26. The minimum absolute atomic E-state index is 0. The number of hydrogen-bond acceptors (Lipinski definition) is 3. The largest absolute Gasteiger partial charge is 0.491 e. The van der Waals surface area contributed by atoms with Gasteiger partial charge in [0, 0.05) is 18.5 Å². The number of benzene rings is 2. The molecule has 148 valence electrons. The molecular weight excluding hydrogens is 365 g/mol. The molecule has 1 aliphatic carbocycles. The first-order valence-corrected chi connectivity index (χ1v) is 9.51. The van der Waals surface area contributed by atoms with E-state index < -0.39 is 6.10 Å². The van der Waals surface area contributed by atoms with E-state index in [1.165, 1.54) is 24.8 Å². The maximum atomic E-state index is 13.3. The number of halogens is 2. The Labute approximate surface area is 167 Å². The maximum Gasteiger partial charge on any atom is 0.123 e. The van der Waals surface area contributed by atoms with Crippen LogP contribution in [0.25, 0.3) is 0 Å². The summed E-state index contributed by atoms with van der Waals surface area (Å²) in [4.78, 5) is 0. The standard InChI is InChI=1S/C22H28FNO2.ClH/c23-19-11-9-18(10-12-19)22(13-5-2-6-14-22)17-24-15-20(25)16-26-21-7-3-1-4-8-21;/h1,3-4,7-12,20,24-25H,2,5-6,13-17H2;1H. The van der Waals surface area contributed by atoms with E-state index in [4.69, 9.17) is 4.74 Å². The van der Waals surface area contributed by atoms with E-state index in [0.29, 0.717) is 6.54 Å². The lowest BCUT2D eigenvalue weighted by atomic mass is 9.69. The van der Waals surface area contributed by atoms with Crippen molar-refractivity contribution in [2.75, 3.05) is 19.7 Å². The van der Waals surface area contributed by atoms with Crippen LogP contribution in [0.5, 0.6) is 5.75 Å². The Hall–Kier alpha value is -1.62. The molecule has 0 saturated heterocycles. The normalized spacial score (nSPS) is 17.0. The van der Waals surface area contributed by atoms with Crippen molar-refractivity contribution in [1.29, 1.82) is 0 Å². The number of aliphatic hydroxyl groups excluding tert-OH is 1. The van der Waals surface area contributed by atoms with E-state index in [1.54, 1.807) is 12.1 Å². The average molecular weight is 394 g/mol. The molecule has 0 amide bonds. The third kappa shape index (κ3) is 6.20.